The van der Waals surface area contributed by atoms with Crippen LogP contribution in [-0.2, 0) is 4.74 Å². The predicted molar refractivity (Wildman–Crippen MR) is 164 cm³/mol. The molecule has 224 valence electrons. The van der Waals surface area contributed by atoms with Crippen molar-refractivity contribution in [1.29, 1.82) is 0 Å². The maximum Gasteiger partial charge on any atom is 0.336 e. The Morgan fingerprint density at radius 1 is 1.02 bits per heavy atom. The van der Waals surface area contributed by atoms with E-state index in [2.05, 4.69) is 37.2 Å². The highest BCUT2D eigenvalue weighted by Gasteiger charge is 2.32. The van der Waals surface area contributed by atoms with Crippen molar-refractivity contribution >= 4 is 21.9 Å². The summed E-state index contributed by atoms with van der Waals surface area (Å²) in [7, 11) is 1.52. The van der Waals surface area contributed by atoms with Gasteiger partial charge in [-0.3, -0.25) is 0 Å². The first-order chi connectivity index (χ1) is 20.2. The van der Waals surface area contributed by atoms with Gasteiger partial charge in [-0.15, -0.1) is 0 Å². The average Bonchev–Trinajstić information content (AvgIpc) is 3.45. The molecule has 1 aromatic carbocycles. The summed E-state index contributed by atoms with van der Waals surface area (Å²) in [5.41, 5.74) is -1.19. The number of furan rings is 1. The van der Waals surface area contributed by atoms with Crippen LogP contribution in [0.1, 0.15) is 59.3 Å². The highest BCUT2D eigenvalue weighted by atomic mass is 16.5. The number of unbranched alkanes of at least 4 members (excludes halogenated alkanes) is 5. The highest BCUT2D eigenvalue weighted by Crippen LogP contribution is 2.42. The molecule has 3 atom stereocenters. The summed E-state index contributed by atoms with van der Waals surface area (Å²) in [5, 5.41) is 21.9. The molecule has 0 saturated carbocycles. The van der Waals surface area contributed by atoms with E-state index in [-0.39, 0.29) is 17.9 Å². The third-order valence-electron chi connectivity index (χ3n) is 6.73. The summed E-state index contributed by atoms with van der Waals surface area (Å²) in [4.78, 5) is 12.1. The summed E-state index contributed by atoms with van der Waals surface area (Å²) in [6, 6.07) is 4.62. The fourth-order valence-electron chi connectivity index (χ4n) is 4.27. The second-order valence-corrected chi connectivity index (χ2v) is 10.3. The minimum atomic E-state index is -1.12. The number of hydrogen-bond acceptors (Lipinski definition) is 8. The molecule has 2 heterocycles. The van der Waals surface area contributed by atoms with Crippen LogP contribution in [-0.4, -0.2) is 47.8 Å². The lowest BCUT2D eigenvalue weighted by Crippen LogP contribution is -2.44. The standard InChI is InChI=1S/C34H40O8/c1-6-8-9-10-11-12-13-17-25(18-15-14-16-24(35)7-2)42-34(3,4)28(36)23-40-33-31-27(21-22-39-31)30(38-5)26-19-20-29(37)41-32(26)33/h7,13,17,19-22,24-25,28,35-36H,2,6,8-12,23H2,1,3-5H3/b17-13-. The van der Waals surface area contributed by atoms with Crippen molar-refractivity contribution < 1.29 is 33.3 Å². The molecule has 8 nitrogen and oxygen atoms in total. The van der Waals surface area contributed by atoms with Gasteiger partial charge in [0.25, 0.3) is 0 Å². The Kier molecular flexibility index (Phi) is 12.3. The van der Waals surface area contributed by atoms with Gasteiger partial charge in [0.15, 0.2) is 11.2 Å². The zero-order valence-corrected chi connectivity index (χ0v) is 24.8. The van der Waals surface area contributed by atoms with Crippen LogP contribution in [0.15, 0.2) is 62.9 Å². The maximum absolute atomic E-state index is 12.1. The molecule has 0 spiro atoms. The van der Waals surface area contributed by atoms with Crippen LogP contribution in [0.25, 0.3) is 21.9 Å². The van der Waals surface area contributed by atoms with E-state index in [0.29, 0.717) is 22.1 Å². The minimum absolute atomic E-state index is 0.152. The van der Waals surface area contributed by atoms with E-state index in [1.165, 1.54) is 44.8 Å². The van der Waals surface area contributed by atoms with Crippen LogP contribution in [0.3, 0.4) is 0 Å². The zero-order chi connectivity index (χ0) is 30.5. The first-order valence-corrected chi connectivity index (χ1v) is 14.2. The Balaban J connectivity index is 1.78. The number of rotatable bonds is 15. The Hall–Kier alpha value is -3.95. The van der Waals surface area contributed by atoms with Crippen LogP contribution >= 0.6 is 0 Å². The summed E-state index contributed by atoms with van der Waals surface area (Å²) in [6.07, 6.45) is 10.7. The molecular weight excluding hydrogens is 536 g/mol. The molecule has 0 fully saturated rings. The highest BCUT2D eigenvalue weighted by molar-refractivity contribution is 6.06. The van der Waals surface area contributed by atoms with Gasteiger partial charge in [0.2, 0.25) is 5.75 Å². The van der Waals surface area contributed by atoms with Gasteiger partial charge < -0.3 is 33.3 Å². The van der Waals surface area contributed by atoms with Crippen molar-refractivity contribution in [2.45, 2.75) is 83.2 Å². The Labute approximate surface area is 246 Å². The van der Waals surface area contributed by atoms with Crippen LogP contribution < -0.4 is 15.1 Å². The van der Waals surface area contributed by atoms with Gasteiger partial charge in [0, 0.05) is 6.07 Å². The molecule has 8 heteroatoms. The summed E-state index contributed by atoms with van der Waals surface area (Å²) < 4.78 is 28.9. The molecule has 3 aromatic rings. The van der Waals surface area contributed by atoms with E-state index in [1.54, 1.807) is 26.0 Å². The lowest BCUT2D eigenvalue weighted by atomic mass is 10.0. The van der Waals surface area contributed by atoms with Gasteiger partial charge in [-0.2, -0.15) is 0 Å². The Morgan fingerprint density at radius 3 is 2.50 bits per heavy atom. The van der Waals surface area contributed by atoms with Gasteiger partial charge >= 0.3 is 5.63 Å². The molecule has 0 aliphatic carbocycles. The molecular formula is C34H40O8. The maximum atomic E-state index is 12.1. The van der Waals surface area contributed by atoms with Crippen molar-refractivity contribution in [3.05, 3.63) is 59.7 Å². The minimum Gasteiger partial charge on any atom is -0.495 e. The average molecular weight is 577 g/mol. The van der Waals surface area contributed by atoms with Gasteiger partial charge in [-0.25, -0.2) is 4.79 Å². The van der Waals surface area contributed by atoms with Crippen LogP contribution in [0.4, 0.5) is 0 Å². The SMILES string of the molecule is C=CC(O)C#CC#CC(/C=C\CCCCCCC)OC(C)(C)C(O)COc1c2occc2c(OC)c2ccc(=O)oc12. The second-order valence-electron chi connectivity index (χ2n) is 10.3. The van der Waals surface area contributed by atoms with Crippen LogP contribution in [0.2, 0.25) is 0 Å². The van der Waals surface area contributed by atoms with Crippen molar-refractivity contribution in [2.24, 2.45) is 0 Å². The largest absolute Gasteiger partial charge is 0.495 e. The van der Waals surface area contributed by atoms with Crippen molar-refractivity contribution in [3.63, 3.8) is 0 Å². The Bertz CT molecular complexity index is 1540. The molecule has 0 aliphatic heterocycles. The third-order valence-corrected chi connectivity index (χ3v) is 6.73. The monoisotopic (exact) mass is 576 g/mol. The van der Waals surface area contributed by atoms with E-state index in [9.17, 15) is 15.0 Å². The zero-order valence-electron chi connectivity index (χ0n) is 24.8. The lowest BCUT2D eigenvalue weighted by Gasteiger charge is -2.32. The molecule has 0 amide bonds. The van der Waals surface area contributed by atoms with E-state index >= 15 is 0 Å². The quantitative estimate of drug-likeness (QED) is 0.0993. The first-order valence-electron chi connectivity index (χ1n) is 14.2. The Morgan fingerprint density at radius 2 is 1.76 bits per heavy atom. The third kappa shape index (κ3) is 8.77. The predicted octanol–water partition coefficient (Wildman–Crippen LogP) is 5.92. The fourth-order valence-corrected chi connectivity index (χ4v) is 4.27. The van der Waals surface area contributed by atoms with Crippen molar-refractivity contribution in [3.8, 4) is 35.2 Å². The van der Waals surface area contributed by atoms with Crippen LogP contribution in [0, 0.1) is 23.7 Å². The summed E-state index contributed by atoms with van der Waals surface area (Å²) in [6.45, 7) is 8.94. The lowest BCUT2D eigenvalue weighted by molar-refractivity contribution is -0.119. The summed E-state index contributed by atoms with van der Waals surface area (Å²) in [5.74, 6) is 11.5. The van der Waals surface area contributed by atoms with Crippen LogP contribution in [0.5, 0.6) is 11.5 Å². The second kappa shape index (κ2) is 15.9. The molecule has 0 bridgehead atoms. The molecule has 0 aliphatic rings. The van der Waals surface area contributed by atoms with Gasteiger partial charge in [0.05, 0.1) is 29.7 Å². The number of aliphatic hydroxyl groups excluding tert-OH is 2. The molecule has 2 aromatic heterocycles. The molecule has 2 N–H and O–H groups in total. The summed E-state index contributed by atoms with van der Waals surface area (Å²) >= 11 is 0. The number of benzene rings is 1. The number of allylic oxidation sites excluding steroid dienone is 1. The van der Waals surface area contributed by atoms with Crippen molar-refractivity contribution in [1.82, 2.24) is 0 Å². The van der Waals surface area contributed by atoms with Gasteiger partial charge in [-0.05, 0) is 56.7 Å². The molecule has 3 rings (SSSR count). The van der Waals surface area contributed by atoms with Crippen molar-refractivity contribution in [2.75, 3.05) is 13.7 Å². The van der Waals surface area contributed by atoms with E-state index < -0.39 is 29.5 Å². The molecule has 0 saturated heterocycles. The topological polar surface area (TPSA) is 112 Å². The fraction of sp³-hybridized carbons (Fsp3) is 0.441. The van der Waals surface area contributed by atoms with Gasteiger partial charge in [-0.1, -0.05) is 63.2 Å². The number of methoxy groups -OCH3 is 1. The van der Waals surface area contributed by atoms with E-state index in [1.807, 2.05) is 12.2 Å². The van der Waals surface area contributed by atoms with E-state index in [4.69, 9.17) is 23.0 Å². The number of hydrogen-bond donors (Lipinski definition) is 2. The molecule has 3 unspecified atom stereocenters. The molecule has 42 heavy (non-hydrogen) atoms. The molecule has 0 radical (unpaired) electrons. The number of ether oxygens (including phenoxy) is 3. The van der Waals surface area contributed by atoms with E-state index in [0.717, 1.165) is 19.3 Å². The normalized spacial score (nSPS) is 13.7. The smallest absolute Gasteiger partial charge is 0.336 e. The van der Waals surface area contributed by atoms with Gasteiger partial charge in [0.1, 0.15) is 30.7 Å². The first kappa shape index (κ1) is 32.6. The number of fused-ring (bicyclic) bond motifs is 2. The number of aliphatic hydroxyl groups is 2.